The fraction of sp³-hybridized carbons (Fsp3) is 0.214. The van der Waals surface area contributed by atoms with Crippen molar-refractivity contribution in [3.8, 4) is 11.6 Å². The largest absolute Gasteiger partial charge is 0.439 e. The molecule has 0 spiro atoms. The molecule has 0 saturated heterocycles. The maximum Gasteiger partial charge on any atom is 0.219 e. The molecule has 3 nitrogen and oxygen atoms in total. The summed E-state index contributed by atoms with van der Waals surface area (Å²) < 4.78 is 18.9. The van der Waals surface area contributed by atoms with Crippen LogP contribution >= 0.6 is 11.6 Å². The summed E-state index contributed by atoms with van der Waals surface area (Å²) in [6.45, 7) is 2.31. The van der Waals surface area contributed by atoms with Crippen LogP contribution in [-0.4, -0.2) is 12.0 Å². The number of nitrogens with zero attached hydrogens (tertiary/aromatic N) is 1. The lowest BCUT2D eigenvalue weighted by Crippen LogP contribution is -2.06. The summed E-state index contributed by atoms with van der Waals surface area (Å²) in [4.78, 5) is 4.06. The maximum atomic E-state index is 13.4. The average molecular weight is 281 g/mol. The van der Waals surface area contributed by atoms with Gasteiger partial charge in [-0.05, 0) is 31.2 Å². The van der Waals surface area contributed by atoms with Gasteiger partial charge in [-0.3, -0.25) is 0 Å². The molecular weight excluding hydrogens is 267 g/mol. The predicted octanol–water partition coefficient (Wildman–Crippen LogP) is 3.69. The van der Waals surface area contributed by atoms with Crippen LogP contribution in [0.4, 0.5) is 4.39 Å². The molecule has 100 valence electrons. The van der Waals surface area contributed by atoms with Gasteiger partial charge < -0.3 is 10.1 Å². The normalized spacial score (nSPS) is 10.5. The first-order chi connectivity index (χ1) is 9.10. The Labute approximate surface area is 116 Å². The number of aryl methyl sites for hydroxylation is 1. The topological polar surface area (TPSA) is 34.1 Å². The fourth-order valence-electron chi connectivity index (χ4n) is 1.60. The number of hydrogen-bond donors (Lipinski definition) is 1. The van der Waals surface area contributed by atoms with E-state index in [2.05, 4.69) is 10.3 Å². The highest BCUT2D eigenvalue weighted by Gasteiger charge is 2.06. The Balaban J connectivity index is 2.22. The van der Waals surface area contributed by atoms with E-state index in [1.165, 1.54) is 12.3 Å². The number of rotatable bonds is 4. The molecule has 0 bridgehead atoms. The number of hydrogen-bond acceptors (Lipinski definition) is 3. The van der Waals surface area contributed by atoms with Gasteiger partial charge in [0.05, 0.1) is 5.02 Å². The molecule has 0 atom stereocenters. The quantitative estimate of drug-likeness (QED) is 0.927. The first-order valence-electron chi connectivity index (χ1n) is 5.83. The molecule has 5 heteroatoms. The monoisotopic (exact) mass is 280 g/mol. The van der Waals surface area contributed by atoms with Gasteiger partial charge in [-0.15, -0.1) is 0 Å². The minimum absolute atomic E-state index is 0.304. The van der Waals surface area contributed by atoms with Gasteiger partial charge in [0.2, 0.25) is 5.88 Å². The predicted molar refractivity (Wildman–Crippen MR) is 73.2 cm³/mol. The number of ether oxygens (including phenoxy) is 1. The first-order valence-corrected chi connectivity index (χ1v) is 6.21. The van der Waals surface area contributed by atoms with E-state index in [1.54, 1.807) is 25.1 Å². The van der Waals surface area contributed by atoms with Crippen molar-refractivity contribution in [3.05, 3.63) is 52.4 Å². The van der Waals surface area contributed by atoms with Gasteiger partial charge in [-0.25, -0.2) is 9.37 Å². The van der Waals surface area contributed by atoms with Crippen LogP contribution in [0.25, 0.3) is 0 Å². The van der Waals surface area contributed by atoms with Crippen molar-refractivity contribution in [2.45, 2.75) is 13.5 Å². The smallest absolute Gasteiger partial charge is 0.219 e. The molecule has 1 heterocycles. The van der Waals surface area contributed by atoms with E-state index in [0.29, 0.717) is 28.8 Å². The van der Waals surface area contributed by atoms with Crippen molar-refractivity contribution < 1.29 is 9.13 Å². The van der Waals surface area contributed by atoms with E-state index in [9.17, 15) is 4.39 Å². The second-order valence-electron chi connectivity index (χ2n) is 4.16. The van der Waals surface area contributed by atoms with Gasteiger partial charge in [-0.2, -0.15) is 0 Å². The third kappa shape index (κ3) is 3.43. The lowest BCUT2D eigenvalue weighted by molar-refractivity contribution is 0.456. The molecule has 0 radical (unpaired) electrons. The van der Waals surface area contributed by atoms with Crippen LogP contribution < -0.4 is 10.1 Å². The van der Waals surface area contributed by atoms with Crippen LogP contribution in [0, 0.1) is 12.7 Å². The Morgan fingerprint density at radius 1 is 1.37 bits per heavy atom. The second kappa shape index (κ2) is 5.99. The summed E-state index contributed by atoms with van der Waals surface area (Å²) in [7, 11) is 1.83. The van der Waals surface area contributed by atoms with E-state index in [4.69, 9.17) is 16.3 Å². The van der Waals surface area contributed by atoms with Gasteiger partial charge in [0.1, 0.15) is 11.6 Å². The zero-order chi connectivity index (χ0) is 13.8. The van der Waals surface area contributed by atoms with Gasteiger partial charge >= 0.3 is 0 Å². The molecule has 0 aliphatic rings. The van der Waals surface area contributed by atoms with Gasteiger partial charge in [0, 0.05) is 24.9 Å². The van der Waals surface area contributed by atoms with Crippen molar-refractivity contribution >= 4 is 11.6 Å². The summed E-state index contributed by atoms with van der Waals surface area (Å²) in [6, 6.07) is 6.43. The van der Waals surface area contributed by atoms with Crippen molar-refractivity contribution in [2.75, 3.05) is 7.05 Å². The number of pyridine rings is 1. The van der Waals surface area contributed by atoms with Crippen LogP contribution in [0.15, 0.2) is 30.5 Å². The van der Waals surface area contributed by atoms with E-state index in [1.807, 2.05) is 7.05 Å². The summed E-state index contributed by atoms with van der Waals surface area (Å²) in [6.07, 6.45) is 1.52. The van der Waals surface area contributed by atoms with Crippen LogP contribution in [0.1, 0.15) is 11.1 Å². The highest BCUT2D eigenvalue weighted by molar-refractivity contribution is 6.31. The SMILES string of the molecule is CNCc1cc(Oc2ccc(C)c(F)c2)ncc1Cl. The molecule has 0 fully saturated rings. The summed E-state index contributed by atoms with van der Waals surface area (Å²) >= 11 is 6.01. The molecule has 0 saturated carbocycles. The Hall–Kier alpha value is -1.65. The van der Waals surface area contributed by atoms with Gasteiger partial charge in [-0.1, -0.05) is 17.7 Å². The van der Waals surface area contributed by atoms with E-state index in [-0.39, 0.29) is 5.82 Å². The van der Waals surface area contributed by atoms with Crippen LogP contribution in [0.2, 0.25) is 5.02 Å². The molecule has 19 heavy (non-hydrogen) atoms. The standard InChI is InChI=1S/C14H14ClFN2O/c1-9-3-4-11(6-13(9)16)19-14-5-10(7-17-2)12(15)8-18-14/h3-6,8,17H,7H2,1-2H3. The third-order valence-corrected chi connectivity index (χ3v) is 2.98. The Kier molecular flexibility index (Phi) is 4.35. The van der Waals surface area contributed by atoms with E-state index in [0.717, 1.165) is 5.56 Å². The molecule has 1 aromatic carbocycles. The minimum Gasteiger partial charge on any atom is -0.439 e. The fourth-order valence-corrected chi connectivity index (χ4v) is 1.77. The zero-order valence-corrected chi connectivity index (χ0v) is 11.5. The Morgan fingerprint density at radius 2 is 2.16 bits per heavy atom. The first kappa shape index (κ1) is 13.8. The molecule has 0 aliphatic heterocycles. The van der Waals surface area contributed by atoms with Crippen LogP contribution in [-0.2, 0) is 6.54 Å². The maximum absolute atomic E-state index is 13.4. The lowest BCUT2D eigenvalue weighted by atomic mass is 10.2. The number of nitrogens with one attached hydrogen (secondary N) is 1. The molecule has 0 aliphatic carbocycles. The molecular formula is C14H14ClFN2O. The number of halogens is 2. The Morgan fingerprint density at radius 3 is 2.84 bits per heavy atom. The summed E-state index contributed by atoms with van der Waals surface area (Å²) in [5, 5.41) is 3.57. The Bertz CT molecular complexity index is 590. The highest BCUT2D eigenvalue weighted by atomic mass is 35.5. The molecule has 2 aromatic rings. The average Bonchev–Trinajstić information content (AvgIpc) is 2.38. The second-order valence-corrected chi connectivity index (χ2v) is 4.56. The van der Waals surface area contributed by atoms with Crippen LogP contribution in [0.3, 0.4) is 0 Å². The van der Waals surface area contributed by atoms with Crippen molar-refractivity contribution in [1.82, 2.24) is 10.3 Å². The summed E-state index contributed by atoms with van der Waals surface area (Å²) in [5.74, 6) is 0.494. The minimum atomic E-state index is -0.304. The van der Waals surface area contributed by atoms with Gasteiger partial charge in [0.25, 0.3) is 0 Å². The third-order valence-electron chi connectivity index (χ3n) is 2.64. The molecule has 0 unspecified atom stereocenters. The van der Waals surface area contributed by atoms with E-state index >= 15 is 0 Å². The van der Waals surface area contributed by atoms with Crippen LogP contribution in [0.5, 0.6) is 11.6 Å². The number of aromatic nitrogens is 1. The van der Waals surface area contributed by atoms with E-state index < -0.39 is 0 Å². The molecule has 0 amide bonds. The molecule has 1 N–H and O–H groups in total. The molecule has 1 aromatic heterocycles. The number of benzene rings is 1. The highest BCUT2D eigenvalue weighted by Crippen LogP contribution is 2.25. The summed E-state index contributed by atoms with van der Waals surface area (Å²) in [5.41, 5.74) is 1.45. The zero-order valence-electron chi connectivity index (χ0n) is 10.7. The molecule has 2 rings (SSSR count). The van der Waals surface area contributed by atoms with Crippen molar-refractivity contribution in [1.29, 1.82) is 0 Å². The lowest BCUT2D eigenvalue weighted by Gasteiger charge is -2.08. The van der Waals surface area contributed by atoms with Gasteiger partial charge in [0.15, 0.2) is 0 Å². The van der Waals surface area contributed by atoms with Crippen molar-refractivity contribution in [3.63, 3.8) is 0 Å². The van der Waals surface area contributed by atoms with Crippen molar-refractivity contribution in [2.24, 2.45) is 0 Å².